The van der Waals surface area contributed by atoms with Crippen molar-refractivity contribution in [1.82, 2.24) is 9.55 Å². The van der Waals surface area contributed by atoms with Gasteiger partial charge >= 0.3 is 7.32 Å². The van der Waals surface area contributed by atoms with Crippen LogP contribution in [-0.2, 0) is 7.05 Å². The molecule has 0 bridgehead atoms. The Morgan fingerprint density at radius 3 is 2.80 bits per heavy atom. The van der Waals surface area contributed by atoms with Crippen molar-refractivity contribution in [3.05, 3.63) is 12.5 Å². The fourth-order valence-electron chi connectivity index (χ4n) is 0.558. The standard InChI is InChI=1S/C4H7BN2O3/c1-7-2-4(6-3-7)10-5(8)9/h2-3,8-9H,1H3. The van der Waals surface area contributed by atoms with Crippen molar-refractivity contribution < 1.29 is 14.7 Å². The molecule has 0 aromatic carbocycles. The Balaban J connectivity index is 2.58. The van der Waals surface area contributed by atoms with Crippen LogP contribution in [0.2, 0.25) is 0 Å². The van der Waals surface area contributed by atoms with E-state index in [-0.39, 0.29) is 5.88 Å². The summed E-state index contributed by atoms with van der Waals surface area (Å²) >= 11 is 0. The summed E-state index contributed by atoms with van der Waals surface area (Å²) < 4.78 is 6.05. The lowest BCUT2D eigenvalue weighted by atomic mass is 10.3. The highest BCUT2D eigenvalue weighted by Crippen LogP contribution is 2.03. The van der Waals surface area contributed by atoms with E-state index >= 15 is 0 Å². The number of aromatic nitrogens is 2. The topological polar surface area (TPSA) is 67.5 Å². The predicted octanol–water partition coefficient (Wildman–Crippen LogP) is -1.23. The molecule has 1 aromatic heterocycles. The summed E-state index contributed by atoms with van der Waals surface area (Å²) in [5.74, 6) is 0.192. The first kappa shape index (κ1) is 7.11. The van der Waals surface area contributed by atoms with Crippen LogP contribution in [0.3, 0.4) is 0 Å². The van der Waals surface area contributed by atoms with Crippen molar-refractivity contribution >= 4 is 7.32 Å². The summed E-state index contributed by atoms with van der Waals surface area (Å²) in [5, 5.41) is 16.6. The van der Waals surface area contributed by atoms with Gasteiger partial charge < -0.3 is 19.3 Å². The summed E-state index contributed by atoms with van der Waals surface area (Å²) in [6.45, 7) is 0. The monoisotopic (exact) mass is 142 g/mol. The lowest BCUT2D eigenvalue weighted by molar-refractivity contribution is 0.284. The molecule has 0 aliphatic heterocycles. The van der Waals surface area contributed by atoms with Crippen molar-refractivity contribution in [2.75, 3.05) is 0 Å². The molecule has 1 aromatic rings. The number of imidazole rings is 1. The van der Waals surface area contributed by atoms with Crippen LogP contribution in [0.25, 0.3) is 0 Å². The Morgan fingerprint density at radius 2 is 2.40 bits per heavy atom. The Morgan fingerprint density at radius 1 is 1.70 bits per heavy atom. The lowest BCUT2D eigenvalue weighted by Crippen LogP contribution is -2.20. The van der Waals surface area contributed by atoms with Gasteiger partial charge in [-0.25, -0.2) is 4.98 Å². The van der Waals surface area contributed by atoms with Gasteiger partial charge in [-0.3, -0.25) is 0 Å². The minimum atomic E-state index is -1.80. The molecule has 0 amide bonds. The minimum Gasteiger partial charge on any atom is -0.497 e. The van der Waals surface area contributed by atoms with E-state index in [4.69, 9.17) is 10.0 Å². The molecule has 0 saturated heterocycles. The number of rotatable bonds is 2. The molecule has 0 spiro atoms. The third-order valence-electron chi connectivity index (χ3n) is 0.907. The van der Waals surface area contributed by atoms with Crippen LogP contribution in [0.4, 0.5) is 0 Å². The normalized spacial score (nSPS) is 9.50. The number of aryl methyl sites for hydroxylation is 1. The molecule has 54 valence electrons. The summed E-state index contributed by atoms with van der Waals surface area (Å²) in [6, 6.07) is 0. The highest BCUT2D eigenvalue weighted by Gasteiger charge is 2.11. The average Bonchev–Trinajstić information content (AvgIpc) is 2.13. The van der Waals surface area contributed by atoms with Crippen LogP contribution >= 0.6 is 0 Å². The maximum absolute atomic E-state index is 8.30. The van der Waals surface area contributed by atoms with E-state index in [1.807, 2.05) is 0 Å². The van der Waals surface area contributed by atoms with Gasteiger partial charge in [-0.05, 0) is 0 Å². The van der Waals surface area contributed by atoms with Crippen molar-refractivity contribution in [3.8, 4) is 5.88 Å². The van der Waals surface area contributed by atoms with Crippen molar-refractivity contribution in [1.29, 1.82) is 0 Å². The van der Waals surface area contributed by atoms with Crippen molar-refractivity contribution in [2.24, 2.45) is 7.05 Å². The maximum atomic E-state index is 8.30. The van der Waals surface area contributed by atoms with E-state index in [0.29, 0.717) is 0 Å². The maximum Gasteiger partial charge on any atom is 0.708 e. The van der Waals surface area contributed by atoms with Gasteiger partial charge in [0.05, 0.1) is 12.5 Å². The highest BCUT2D eigenvalue weighted by atomic mass is 16.6. The number of nitrogens with zero attached hydrogens (tertiary/aromatic N) is 2. The SMILES string of the molecule is Cn1cnc(OB(O)O)c1. The second-order valence-corrected chi connectivity index (χ2v) is 1.82. The fourth-order valence-corrected chi connectivity index (χ4v) is 0.558. The zero-order valence-electron chi connectivity index (χ0n) is 5.43. The summed E-state index contributed by atoms with van der Waals surface area (Å²) in [5.41, 5.74) is 0. The smallest absolute Gasteiger partial charge is 0.497 e. The van der Waals surface area contributed by atoms with E-state index in [0.717, 1.165) is 0 Å². The Kier molecular flexibility index (Phi) is 1.93. The van der Waals surface area contributed by atoms with E-state index in [1.165, 1.54) is 12.5 Å². The molecule has 2 N–H and O–H groups in total. The van der Waals surface area contributed by atoms with Crippen LogP contribution in [-0.4, -0.2) is 26.9 Å². The van der Waals surface area contributed by atoms with Crippen LogP contribution < -0.4 is 4.65 Å². The van der Waals surface area contributed by atoms with Crippen LogP contribution in [0, 0.1) is 0 Å². The van der Waals surface area contributed by atoms with Gasteiger partial charge in [0.1, 0.15) is 0 Å². The van der Waals surface area contributed by atoms with Gasteiger partial charge in [0.15, 0.2) is 0 Å². The lowest BCUT2D eigenvalue weighted by Gasteiger charge is -1.96. The van der Waals surface area contributed by atoms with Gasteiger partial charge in [-0.1, -0.05) is 0 Å². The molecular formula is C4H7BN2O3. The van der Waals surface area contributed by atoms with Crippen molar-refractivity contribution in [3.63, 3.8) is 0 Å². The molecule has 1 heterocycles. The second kappa shape index (κ2) is 2.72. The van der Waals surface area contributed by atoms with Gasteiger partial charge in [0.2, 0.25) is 5.88 Å². The summed E-state index contributed by atoms with van der Waals surface area (Å²) in [7, 11) is -0.0428. The first-order valence-electron chi connectivity index (χ1n) is 2.69. The molecule has 0 fully saturated rings. The molecular weight excluding hydrogens is 135 g/mol. The zero-order valence-corrected chi connectivity index (χ0v) is 5.43. The Labute approximate surface area is 58.1 Å². The third-order valence-corrected chi connectivity index (χ3v) is 0.907. The molecule has 0 saturated carbocycles. The molecule has 0 radical (unpaired) electrons. The third kappa shape index (κ3) is 1.75. The first-order chi connectivity index (χ1) is 4.68. The largest absolute Gasteiger partial charge is 0.708 e. The van der Waals surface area contributed by atoms with Gasteiger partial charge in [0.25, 0.3) is 0 Å². The first-order valence-corrected chi connectivity index (χ1v) is 2.69. The van der Waals surface area contributed by atoms with Crippen LogP contribution in [0.5, 0.6) is 5.88 Å². The van der Waals surface area contributed by atoms with E-state index in [9.17, 15) is 0 Å². The van der Waals surface area contributed by atoms with Gasteiger partial charge in [-0.15, -0.1) is 0 Å². The molecule has 0 aliphatic carbocycles. The molecule has 0 aliphatic rings. The highest BCUT2D eigenvalue weighted by molar-refractivity contribution is 6.33. The predicted molar refractivity (Wildman–Crippen MR) is 34.0 cm³/mol. The number of hydrogen-bond donors (Lipinski definition) is 2. The fraction of sp³-hybridized carbons (Fsp3) is 0.250. The quantitative estimate of drug-likeness (QED) is 0.507. The minimum absolute atomic E-state index is 0.192. The van der Waals surface area contributed by atoms with E-state index in [2.05, 4.69) is 9.64 Å². The van der Waals surface area contributed by atoms with Crippen molar-refractivity contribution in [2.45, 2.75) is 0 Å². The molecule has 10 heavy (non-hydrogen) atoms. The summed E-state index contributed by atoms with van der Waals surface area (Å²) in [4.78, 5) is 3.68. The van der Waals surface area contributed by atoms with E-state index in [1.54, 1.807) is 11.6 Å². The number of hydrogen-bond acceptors (Lipinski definition) is 4. The van der Waals surface area contributed by atoms with Crippen LogP contribution in [0.15, 0.2) is 12.5 Å². The van der Waals surface area contributed by atoms with Crippen LogP contribution in [0.1, 0.15) is 0 Å². The van der Waals surface area contributed by atoms with Gasteiger partial charge in [-0.2, -0.15) is 0 Å². The Bertz CT molecular complexity index is 212. The van der Waals surface area contributed by atoms with E-state index < -0.39 is 7.32 Å². The molecule has 0 atom stereocenters. The second-order valence-electron chi connectivity index (χ2n) is 1.82. The average molecular weight is 142 g/mol. The zero-order chi connectivity index (χ0) is 7.56. The molecule has 0 unspecified atom stereocenters. The summed E-state index contributed by atoms with van der Waals surface area (Å²) in [6.07, 6.45) is 3.02. The molecule has 1 rings (SSSR count). The van der Waals surface area contributed by atoms with Gasteiger partial charge in [0, 0.05) is 7.05 Å². The molecule has 5 nitrogen and oxygen atoms in total. The molecule has 6 heteroatoms. The Hall–Kier alpha value is -1.01.